The number of aliphatic hydroxyl groups excluding tert-OH is 1. The van der Waals surface area contributed by atoms with Gasteiger partial charge in [0.05, 0.1) is 6.10 Å². The predicted molar refractivity (Wildman–Crippen MR) is 85.0 cm³/mol. The van der Waals surface area contributed by atoms with E-state index in [1.54, 1.807) is 0 Å². The van der Waals surface area contributed by atoms with Gasteiger partial charge in [-0.2, -0.15) is 0 Å². The zero-order valence-corrected chi connectivity index (χ0v) is 13.2. The summed E-state index contributed by atoms with van der Waals surface area (Å²) in [5.41, 5.74) is 3.56. The van der Waals surface area contributed by atoms with Gasteiger partial charge in [-0.15, -0.1) is 0 Å². The first-order valence-electron chi connectivity index (χ1n) is 8.11. The van der Waals surface area contributed by atoms with Crippen molar-refractivity contribution in [2.75, 3.05) is 13.1 Å². The highest BCUT2D eigenvalue weighted by Gasteiger charge is 2.22. The molecule has 2 nitrogen and oxygen atoms in total. The number of hydrogen-bond acceptors (Lipinski definition) is 2. The van der Waals surface area contributed by atoms with Gasteiger partial charge >= 0.3 is 0 Å². The first-order chi connectivity index (χ1) is 9.61. The van der Waals surface area contributed by atoms with Crippen LogP contribution in [0.4, 0.5) is 0 Å². The molecule has 1 heterocycles. The molecule has 0 aromatic heterocycles. The second-order valence-electron chi connectivity index (χ2n) is 6.28. The van der Waals surface area contributed by atoms with Crippen LogP contribution in [0.25, 0.3) is 0 Å². The fraction of sp³-hybridized carbons (Fsp3) is 0.667. The van der Waals surface area contributed by atoms with E-state index in [0.717, 1.165) is 18.7 Å². The zero-order chi connectivity index (χ0) is 14.5. The summed E-state index contributed by atoms with van der Waals surface area (Å²) in [6, 6.07) is 7.01. The van der Waals surface area contributed by atoms with E-state index >= 15 is 0 Å². The van der Waals surface area contributed by atoms with Crippen molar-refractivity contribution in [1.29, 1.82) is 0 Å². The van der Waals surface area contributed by atoms with Crippen molar-refractivity contribution in [3.8, 4) is 0 Å². The minimum atomic E-state index is -0.359. The van der Waals surface area contributed by atoms with Crippen molar-refractivity contribution in [3.05, 3.63) is 34.9 Å². The highest BCUT2D eigenvalue weighted by Crippen LogP contribution is 2.24. The number of aliphatic hydroxyl groups is 1. The molecule has 1 saturated heterocycles. The van der Waals surface area contributed by atoms with E-state index in [0.29, 0.717) is 6.04 Å². The number of likely N-dealkylation sites (tertiary alicyclic amines) is 1. The zero-order valence-electron chi connectivity index (χ0n) is 13.2. The van der Waals surface area contributed by atoms with Crippen LogP contribution in [0, 0.1) is 13.8 Å². The molecular weight excluding hydrogens is 246 g/mol. The molecule has 1 aromatic rings. The first kappa shape index (κ1) is 15.5. The van der Waals surface area contributed by atoms with Crippen LogP contribution in [-0.2, 0) is 0 Å². The van der Waals surface area contributed by atoms with Crippen LogP contribution in [0.15, 0.2) is 18.2 Å². The number of rotatable bonds is 4. The predicted octanol–water partition coefficient (Wildman–Crippen LogP) is 3.99. The normalized spacial score (nSPS) is 22.5. The van der Waals surface area contributed by atoms with Crippen molar-refractivity contribution < 1.29 is 5.11 Å². The molecule has 2 atom stereocenters. The van der Waals surface area contributed by atoms with Gasteiger partial charge in [-0.3, -0.25) is 4.90 Å². The van der Waals surface area contributed by atoms with E-state index in [4.69, 9.17) is 0 Å². The smallest absolute Gasteiger partial charge is 0.0919 e. The van der Waals surface area contributed by atoms with E-state index in [-0.39, 0.29) is 6.10 Å². The van der Waals surface area contributed by atoms with Crippen LogP contribution in [-0.4, -0.2) is 29.1 Å². The number of β-amino-alcohol motifs (C(OH)–C–C–N with tert-alkyl or cyclic N) is 1. The number of hydrogen-bond donors (Lipinski definition) is 1. The Balaban J connectivity index is 2.06. The maximum absolute atomic E-state index is 10.6. The largest absolute Gasteiger partial charge is 0.387 e. The lowest BCUT2D eigenvalue weighted by Crippen LogP contribution is -2.37. The standard InChI is InChI=1S/C18H29NO/c1-4-16-8-6-5-7-11-19(16)13-18(20)17-10-9-14(2)12-15(17)3/h9-10,12,16,18,20H,4-8,11,13H2,1-3H3. The molecule has 1 aromatic carbocycles. The van der Waals surface area contributed by atoms with E-state index in [1.807, 2.05) is 0 Å². The Morgan fingerprint density at radius 1 is 1.25 bits per heavy atom. The Morgan fingerprint density at radius 2 is 2.05 bits per heavy atom. The number of nitrogens with zero attached hydrogens (tertiary/aromatic N) is 1. The van der Waals surface area contributed by atoms with E-state index in [1.165, 1.54) is 43.2 Å². The van der Waals surface area contributed by atoms with E-state index in [9.17, 15) is 5.11 Å². The molecule has 1 aliphatic heterocycles. The lowest BCUT2D eigenvalue weighted by atomic mass is 10.00. The van der Waals surface area contributed by atoms with Gasteiger partial charge in [0, 0.05) is 12.6 Å². The van der Waals surface area contributed by atoms with Gasteiger partial charge < -0.3 is 5.11 Å². The number of benzene rings is 1. The monoisotopic (exact) mass is 275 g/mol. The summed E-state index contributed by atoms with van der Waals surface area (Å²) in [5.74, 6) is 0. The minimum absolute atomic E-state index is 0.359. The van der Waals surface area contributed by atoms with Crippen molar-refractivity contribution in [2.45, 2.75) is 65.0 Å². The van der Waals surface area contributed by atoms with Crippen LogP contribution in [0.3, 0.4) is 0 Å². The topological polar surface area (TPSA) is 23.5 Å². The Hall–Kier alpha value is -0.860. The third kappa shape index (κ3) is 3.83. The highest BCUT2D eigenvalue weighted by atomic mass is 16.3. The summed E-state index contributed by atoms with van der Waals surface area (Å²) >= 11 is 0. The van der Waals surface area contributed by atoms with E-state index in [2.05, 4.69) is 43.9 Å². The average Bonchev–Trinajstić information content (AvgIpc) is 2.63. The fourth-order valence-corrected chi connectivity index (χ4v) is 3.46. The average molecular weight is 275 g/mol. The van der Waals surface area contributed by atoms with Gasteiger partial charge in [0.25, 0.3) is 0 Å². The molecule has 112 valence electrons. The van der Waals surface area contributed by atoms with Gasteiger partial charge in [0.15, 0.2) is 0 Å². The van der Waals surface area contributed by atoms with Crippen molar-refractivity contribution in [2.24, 2.45) is 0 Å². The second kappa shape index (κ2) is 7.24. The summed E-state index contributed by atoms with van der Waals surface area (Å²) in [7, 11) is 0. The van der Waals surface area contributed by atoms with Crippen molar-refractivity contribution in [1.82, 2.24) is 4.90 Å². The molecule has 1 aliphatic rings. The summed E-state index contributed by atoms with van der Waals surface area (Å²) in [6.07, 6.45) is 6.08. The van der Waals surface area contributed by atoms with Crippen LogP contribution in [0.5, 0.6) is 0 Å². The van der Waals surface area contributed by atoms with Crippen LogP contribution >= 0.6 is 0 Å². The maximum Gasteiger partial charge on any atom is 0.0919 e. The van der Waals surface area contributed by atoms with Crippen LogP contribution in [0.2, 0.25) is 0 Å². The van der Waals surface area contributed by atoms with Crippen molar-refractivity contribution in [3.63, 3.8) is 0 Å². The molecule has 0 aliphatic carbocycles. The molecular formula is C18H29NO. The third-order valence-electron chi connectivity index (χ3n) is 4.66. The second-order valence-corrected chi connectivity index (χ2v) is 6.28. The minimum Gasteiger partial charge on any atom is -0.387 e. The summed E-state index contributed by atoms with van der Waals surface area (Å²) in [6.45, 7) is 8.39. The molecule has 2 unspecified atom stereocenters. The quantitative estimate of drug-likeness (QED) is 0.898. The first-order valence-corrected chi connectivity index (χ1v) is 8.11. The third-order valence-corrected chi connectivity index (χ3v) is 4.66. The Labute approximate surface area is 123 Å². The molecule has 0 bridgehead atoms. The SMILES string of the molecule is CCC1CCCCCN1CC(O)c1ccc(C)cc1C. The maximum atomic E-state index is 10.6. The molecule has 2 rings (SSSR count). The van der Waals surface area contributed by atoms with Gasteiger partial charge in [0.1, 0.15) is 0 Å². The van der Waals surface area contributed by atoms with Gasteiger partial charge in [-0.1, -0.05) is 43.5 Å². The Bertz CT molecular complexity index is 429. The van der Waals surface area contributed by atoms with Gasteiger partial charge in [-0.25, -0.2) is 0 Å². The molecule has 2 heteroatoms. The Morgan fingerprint density at radius 3 is 2.75 bits per heavy atom. The lowest BCUT2D eigenvalue weighted by Gasteiger charge is -2.31. The molecule has 1 N–H and O–H groups in total. The van der Waals surface area contributed by atoms with Crippen LogP contribution < -0.4 is 0 Å². The molecule has 0 saturated carbocycles. The van der Waals surface area contributed by atoms with Gasteiger partial charge in [0.2, 0.25) is 0 Å². The summed E-state index contributed by atoms with van der Waals surface area (Å²) in [4.78, 5) is 2.51. The molecule has 0 amide bonds. The van der Waals surface area contributed by atoms with Crippen molar-refractivity contribution >= 4 is 0 Å². The lowest BCUT2D eigenvalue weighted by molar-refractivity contribution is 0.0861. The molecule has 1 fully saturated rings. The van der Waals surface area contributed by atoms with Crippen LogP contribution in [0.1, 0.15) is 61.8 Å². The Kier molecular flexibility index (Phi) is 5.62. The van der Waals surface area contributed by atoms with E-state index < -0.39 is 0 Å². The molecule has 0 radical (unpaired) electrons. The fourth-order valence-electron chi connectivity index (χ4n) is 3.46. The van der Waals surface area contributed by atoms with Gasteiger partial charge in [-0.05, 0) is 50.8 Å². The molecule has 20 heavy (non-hydrogen) atoms. The summed E-state index contributed by atoms with van der Waals surface area (Å²) < 4.78 is 0. The number of aryl methyl sites for hydroxylation is 2. The highest BCUT2D eigenvalue weighted by molar-refractivity contribution is 5.32. The molecule has 0 spiro atoms. The summed E-state index contributed by atoms with van der Waals surface area (Å²) in [5, 5.41) is 10.6.